The van der Waals surface area contributed by atoms with E-state index >= 15 is 0 Å². The van der Waals surface area contributed by atoms with Crippen molar-refractivity contribution in [2.24, 2.45) is 0 Å². The number of H-pyrrole nitrogens is 1. The first-order valence-electron chi connectivity index (χ1n) is 4.24. The predicted octanol–water partition coefficient (Wildman–Crippen LogP) is 1.74. The van der Waals surface area contributed by atoms with E-state index in [1.807, 2.05) is 0 Å². The van der Waals surface area contributed by atoms with Crippen molar-refractivity contribution in [2.45, 2.75) is 5.51 Å². The SMILES string of the molecule is O=S(=O)(Oc1nc[nH]c2cccc1-2)C(F)(F)F. The highest BCUT2D eigenvalue weighted by molar-refractivity contribution is 7.88. The summed E-state index contributed by atoms with van der Waals surface area (Å²) in [5.74, 6) is -0.610. The van der Waals surface area contributed by atoms with Crippen LogP contribution in [0.5, 0.6) is 5.88 Å². The summed E-state index contributed by atoms with van der Waals surface area (Å²) in [7, 11) is -5.70. The van der Waals surface area contributed by atoms with Crippen LogP contribution in [-0.2, 0) is 10.1 Å². The fourth-order valence-electron chi connectivity index (χ4n) is 1.18. The summed E-state index contributed by atoms with van der Waals surface area (Å²) in [6, 6.07) is 4.46. The van der Waals surface area contributed by atoms with Gasteiger partial charge in [-0.2, -0.15) is 21.6 Å². The molecule has 0 amide bonds. The quantitative estimate of drug-likeness (QED) is 0.663. The zero-order valence-corrected chi connectivity index (χ0v) is 8.84. The molecule has 0 fully saturated rings. The standard InChI is InChI=1S/C8H5F3N2O3S/c9-8(10,11)17(14,15)16-7-5-2-1-3-6(5)12-4-13-7/h1-4H,(H,12,13). The van der Waals surface area contributed by atoms with Gasteiger partial charge in [0.05, 0.1) is 17.6 Å². The third-order valence-corrected chi connectivity index (χ3v) is 2.86. The minimum Gasteiger partial charge on any atom is -0.354 e. The van der Waals surface area contributed by atoms with Gasteiger partial charge in [-0.05, 0) is 12.1 Å². The molecular weight excluding hydrogens is 261 g/mol. The van der Waals surface area contributed by atoms with Crippen LogP contribution in [-0.4, -0.2) is 23.9 Å². The van der Waals surface area contributed by atoms with E-state index < -0.39 is 21.5 Å². The average molecular weight is 266 g/mol. The van der Waals surface area contributed by atoms with Gasteiger partial charge in [0, 0.05) is 0 Å². The molecule has 0 saturated heterocycles. The molecule has 0 aromatic carbocycles. The van der Waals surface area contributed by atoms with Gasteiger partial charge in [-0.15, -0.1) is 0 Å². The summed E-state index contributed by atoms with van der Waals surface area (Å²) >= 11 is 0. The van der Waals surface area contributed by atoms with Crippen molar-refractivity contribution in [2.75, 3.05) is 0 Å². The topological polar surface area (TPSA) is 72.1 Å². The smallest absolute Gasteiger partial charge is 0.354 e. The number of rotatable bonds is 2. The van der Waals surface area contributed by atoms with Crippen molar-refractivity contribution >= 4 is 10.1 Å². The van der Waals surface area contributed by atoms with E-state index in [1.54, 1.807) is 6.07 Å². The Bertz CT molecular complexity index is 605. The molecule has 0 aromatic heterocycles. The van der Waals surface area contributed by atoms with Crippen LogP contribution in [0.3, 0.4) is 0 Å². The molecular formula is C8H5F3N2O3S. The van der Waals surface area contributed by atoms with Crippen molar-refractivity contribution in [3.8, 4) is 17.1 Å². The molecule has 0 unspecified atom stereocenters. The van der Waals surface area contributed by atoms with Crippen molar-refractivity contribution in [3.63, 3.8) is 0 Å². The predicted molar refractivity (Wildman–Crippen MR) is 50.8 cm³/mol. The van der Waals surface area contributed by atoms with Gasteiger partial charge in [-0.3, -0.25) is 0 Å². The monoisotopic (exact) mass is 266 g/mol. The van der Waals surface area contributed by atoms with Gasteiger partial charge in [0.1, 0.15) is 0 Å². The largest absolute Gasteiger partial charge is 0.534 e. The highest BCUT2D eigenvalue weighted by Crippen LogP contribution is 2.32. The molecule has 2 rings (SSSR count). The van der Waals surface area contributed by atoms with Crippen LogP contribution in [0.25, 0.3) is 11.3 Å². The van der Waals surface area contributed by atoms with Gasteiger partial charge in [0.15, 0.2) is 0 Å². The fraction of sp³-hybridized carbons (Fsp3) is 0.125. The molecule has 1 aliphatic heterocycles. The van der Waals surface area contributed by atoms with Crippen molar-refractivity contribution in [1.82, 2.24) is 9.97 Å². The average Bonchev–Trinajstić information content (AvgIpc) is 2.64. The summed E-state index contributed by atoms with van der Waals surface area (Å²) in [5, 5.41) is 0. The summed E-state index contributed by atoms with van der Waals surface area (Å²) in [6.45, 7) is 0. The van der Waals surface area contributed by atoms with Crippen LogP contribution in [0, 0.1) is 0 Å². The van der Waals surface area contributed by atoms with Gasteiger partial charge < -0.3 is 9.17 Å². The minimum atomic E-state index is -5.70. The van der Waals surface area contributed by atoms with Crippen LogP contribution >= 0.6 is 0 Å². The molecule has 0 atom stereocenters. The lowest BCUT2D eigenvalue weighted by molar-refractivity contribution is -0.0501. The second-order valence-electron chi connectivity index (χ2n) is 3.04. The van der Waals surface area contributed by atoms with Gasteiger partial charge in [-0.25, -0.2) is 4.98 Å². The molecule has 0 spiro atoms. The maximum atomic E-state index is 12.1. The van der Waals surface area contributed by atoms with Crippen molar-refractivity contribution < 1.29 is 25.8 Å². The van der Waals surface area contributed by atoms with E-state index in [0.29, 0.717) is 5.69 Å². The second-order valence-corrected chi connectivity index (χ2v) is 4.58. The number of fused-ring (bicyclic) bond motifs is 1. The molecule has 92 valence electrons. The minimum absolute atomic E-state index is 0.153. The van der Waals surface area contributed by atoms with E-state index in [9.17, 15) is 21.6 Å². The van der Waals surface area contributed by atoms with E-state index in [4.69, 9.17) is 0 Å². The number of hydrogen-bond donors (Lipinski definition) is 1. The number of hydrogen-bond acceptors (Lipinski definition) is 4. The zero-order chi connectivity index (χ0) is 12.7. The van der Waals surface area contributed by atoms with E-state index in [-0.39, 0.29) is 5.56 Å². The number of alkyl halides is 3. The van der Waals surface area contributed by atoms with Crippen LogP contribution in [0.1, 0.15) is 0 Å². The maximum absolute atomic E-state index is 12.1. The summed E-state index contributed by atoms with van der Waals surface area (Å²) in [5.41, 5.74) is -4.90. The molecule has 2 aliphatic rings. The number of aromatic amines is 1. The van der Waals surface area contributed by atoms with Crippen LogP contribution in [0.15, 0.2) is 24.5 Å². The number of nitrogens with zero attached hydrogens (tertiary/aromatic N) is 1. The lowest BCUT2D eigenvalue weighted by Gasteiger charge is -2.10. The van der Waals surface area contributed by atoms with Crippen LogP contribution in [0.2, 0.25) is 0 Å². The Labute approximate surface area is 93.7 Å². The molecule has 9 heteroatoms. The summed E-state index contributed by atoms with van der Waals surface area (Å²) in [4.78, 5) is 6.05. The first-order valence-corrected chi connectivity index (χ1v) is 5.65. The van der Waals surface area contributed by atoms with Crippen LogP contribution in [0.4, 0.5) is 13.2 Å². The Morgan fingerprint density at radius 2 is 2.00 bits per heavy atom. The van der Waals surface area contributed by atoms with Crippen molar-refractivity contribution in [1.29, 1.82) is 0 Å². The fourth-order valence-corrected chi connectivity index (χ4v) is 1.62. The first kappa shape index (κ1) is 11.7. The third-order valence-electron chi connectivity index (χ3n) is 1.92. The Morgan fingerprint density at radius 1 is 1.29 bits per heavy atom. The highest BCUT2D eigenvalue weighted by Gasteiger charge is 2.49. The maximum Gasteiger partial charge on any atom is 0.534 e. The number of aromatic nitrogens is 2. The second kappa shape index (κ2) is 3.62. The molecule has 17 heavy (non-hydrogen) atoms. The van der Waals surface area contributed by atoms with Crippen LogP contribution < -0.4 is 4.18 Å². The Morgan fingerprint density at radius 3 is 2.65 bits per heavy atom. The Balaban J connectivity index is 2.41. The zero-order valence-electron chi connectivity index (χ0n) is 8.02. The van der Waals surface area contributed by atoms with Gasteiger partial charge in [0.25, 0.3) is 0 Å². The van der Waals surface area contributed by atoms with E-state index in [0.717, 1.165) is 6.33 Å². The van der Waals surface area contributed by atoms with Gasteiger partial charge >= 0.3 is 15.6 Å². The Hall–Kier alpha value is -1.77. The third kappa shape index (κ3) is 2.05. The van der Waals surface area contributed by atoms with Gasteiger partial charge in [-0.1, -0.05) is 6.07 Å². The molecule has 0 saturated carbocycles. The summed E-state index contributed by atoms with van der Waals surface area (Å²) in [6.07, 6.45) is 1.05. The molecule has 0 radical (unpaired) electrons. The molecule has 0 bridgehead atoms. The highest BCUT2D eigenvalue weighted by atomic mass is 32.2. The molecule has 1 heterocycles. The lowest BCUT2D eigenvalue weighted by atomic mass is 10.3. The van der Waals surface area contributed by atoms with E-state index in [2.05, 4.69) is 14.2 Å². The summed E-state index contributed by atoms with van der Waals surface area (Å²) < 4.78 is 61.8. The molecule has 1 aliphatic carbocycles. The Kier molecular flexibility index (Phi) is 2.49. The van der Waals surface area contributed by atoms with E-state index in [1.165, 1.54) is 12.1 Å². The van der Waals surface area contributed by atoms with Crippen molar-refractivity contribution in [3.05, 3.63) is 24.5 Å². The first-order chi connectivity index (χ1) is 7.81. The number of halogens is 3. The number of nitrogens with one attached hydrogen (secondary N) is 1. The molecule has 5 nitrogen and oxygen atoms in total. The normalized spacial score (nSPS) is 12.9. The van der Waals surface area contributed by atoms with Gasteiger partial charge in [0.2, 0.25) is 5.88 Å². The molecule has 0 aromatic rings. The molecule has 1 N–H and O–H groups in total. The lowest BCUT2D eigenvalue weighted by Crippen LogP contribution is -2.28.